The number of hydrogen-bond acceptors (Lipinski definition) is 3. The summed E-state index contributed by atoms with van der Waals surface area (Å²) in [6.07, 6.45) is 2.91. The number of halogens is 1. The molecule has 0 unspecified atom stereocenters. The number of carbonyl (C=O) groups excluding carboxylic acids is 1. The van der Waals surface area contributed by atoms with Crippen LogP contribution in [0.1, 0.15) is 13.3 Å². The number of nitrogens with zero attached hydrogens (tertiary/aromatic N) is 1. The highest BCUT2D eigenvalue weighted by molar-refractivity contribution is 9.12. The number of amides is 1. The van der Waals surface area contributed by atoms with Gasteiger partial charge in [-0.3, -0.25) is 9.63 Å². The zero-order chi connectivity index (χ0) is 10.9. The summed E-state index contributed by atoms with van der Waals surface area (Å²) in [6, 6.07) is 0.0741. The van der Waals surface area contributed by atoms with Gasteiger partial charge in [-0.2, -0.15) is 0 Å². The SMILES string of the molecule is C[C@@H]1C[C@]12C(=O)N1O[C@@]23C2=C(Br)C(=C[C@@H]13)O2. The van der Waals surface area contributed by atoms with Gasteiger partial charge in [-0.15, -0.1) is 0 Å². The monoisotopic (exact) mass is 281 g/mol. The van der Waals surface area contributed by atoms with Gasteiger partial charge in [-0.1, -0.05) is 6.92 Å². The Hall–Kier alpha value is -0.810. The van der Waals surface area contributed by atoms with Crippen LogP contribution in [0, 0.1) is 11.3 Å². The first-order valence-corrected chi connectivity index (χ1v) is 6.25. The molecule has 4 nitrogen and oxygen atoms in total. The van der Waals surface area contributed by atoms with Crippen molar-refractivity contribution >= 4 is 21.8 Å². The Labute approximate surface area is 100.0 Å². The second kappa shape index (κ2) is 1.88. The van der Waals surface area contributed by atoms with E-state index in [0.717, 1.165) is 22.4 Å². The first kappa shape index (κ1) is 8.31. The lowest BCUT2D eigenvalue weighted by Crippen LogP contribution is -2.66. The summed E-state index contributed by atoms with van der Waals surface area (Å²) in [7, 11) is 0. The van der Waals surface area contributed by atoms with Crippen molar-refractivity contribution in [2.24, 2.45) is 11.3 Å². The summed E-state index contributed by atoms with van der Waals surface area (Å²) in [5.74, 6) is 2.22. The van der Waals surface area contributed by atoms with E-state index in [1.165, 1.54) is 5.06 Å². The van der Waals surface area contributed by atoms with Crippen molar-refractivity contribution < 1.29 is 14.4 Å². The van der Waals surface area contributed by atoms with Crippen LogP contribution in [-0.4, -0.2) is 22.6 Å². The molecular formula is C11H8BrNO3. The van der Waals surface area contributed by atoms with E-state index in [1.54, 1.807) is 0 Å². The predicted octanol–water partition coefficient (Wildman–Crippen LogP) is 1.44. The molecule has 16 heavy (non-hydrogen) atoms. The Morgan fingerprint density at radius 3 is 3.00 bits per heavy atom. The molecule has 7 aliphatic rings. The molecule has 4 bridgehead atoms. The zero-order valence-electron chi connectivity index (χ0n) is 8.49. The van der Waals surface area contributed by atoms with Gasteiger partial charge in [0.1, 0.15) is 16.3 Å². The number of carbonyl (C=O) groups is 1. The third kappa shape index (κ3) is 0.476. The van der Waals surface area contributed by atoms with E-state index in [2.05, 4.69) is 22.9 Å². The second-order valence-corrected chi connectivity index (χ2v) is 6.05. The van der Waals surface area contributed by atoms with E-state index < -0.39 is 5.60 Å². The van der Waals surface area contributed by atoms with Crippen LogP contribution in [-0.2, 0) is 14.4 Å². The summed E-state index contributed by atoms with van der Waals surface area (Å²) in [5.41, 5.74) is -0.849. The maximum atomic E-state index is 12.3. The smallest absolute Gasteiger partial charge is 0.256 e. The van der Waals surface area contributed by atoms with Gasteiger partial charge in [0, 0.05) is 0 Å². The quantitative estimate of drug-likeness (QED) is 0.675. The first-order valence-electron chi connectivity index (χ1n) is 5.46. The molecule has 0 aromatic heterocycles. The zero-order valence-corrected chi connectivity index (χ0v) is 10.1. The van der Waals surface area contributed by atoms with Crippen LogP contribution in [0.5, 0.6) is 0 Å². The van der Waals surface area contributed by atoms with E-state index in [1.807, 2.05) is 6.08 Å². The van der Waals surface area contributed by atoms with Gasteiger partial charge in [0.2, 0.25) is 0 Å². The average molecular weight is 282 g/mol. The normalized spacial score (nSPS) is 54.2. The maximum absolute atomic E-state index is 12.3. The highest BCUT2D eigenvalue weighted by Crippen LogP contribution is 2.77. The fourth-order valence-corrected chi connectivity index (χ4v) is 4.40. The lowest BCUT2D eigenvalue weighted by Gasteiger charge is -2.53. The maximum Gasteiger partial charge on any atom is 0.256 e. The Kier molecular flexibility index (Phi) is 0.978. The molecule has 1 amide bonds. The minimum absolute atomic E-state index is 0.0741. The molecule has 0 radical (unpaired) electrons. The minimum Gasteiger partial charge on any atom is -0.456 e. The van der Waals surface area contributed by atoms with Crippen LogP contribution in [0.4, 0.5) is 0 Å². The van der Waals surface area contributed by atoms with Crippen molar-refractivity contribution in [3.05, 3.63) is 22.1 Å². The van der Waals surface area contributed by atoms with Crippen LogP contribution < -0.4 is 0 Å². The van der Waals surface area contributed by atoms with Gasteiger partial charge in [0.05, 0.1) is 5.41 Å². The molecule has 2 spiro atoms. The summed E-state index contributed by atoms with van der Waals surface area (Å²) in [4.78, 5) is 18.0. The highest BCUT2D eigenvalue weighted by atomic mass is 79.9. The Balaban J connectivity index is 1.82. The summed E-state index contributed by atoms with van der Waals surface area (Å²) < 4.78 is 6.59. The fraction of sp³-hybridized carbons (Fsp3) is 0.545. The molecule has 7 rings (SSSR count). The lowest BCUT2D eigenvalue weighted by molar-refractivity contribution is -0.328. The number of allylic oxidation sites excluding steroid dienone is 1. The molecule has 2 aliphatic carbocycles. The number of hydrogen-bond donors (Lipinski definition) is 0. The van der Waals surface area contributed by atoms with E-state index in [9.17, 15) is 4.79 Å². The molecule has 5 heteroatoms. The van der Waals surface area contributed by atoms with Crippen LogP contribution in [0.3, 0.4) is 0 Å². The van der Waals surface area contributed by atoms with Crippen molar-refractivity contribution in [1.29, 1.82) is 0 Å². The van der Waals surface area contributed by atoms with Crippen molar-refractivity contribution in [3.63, 3.8) is 0 Å². The largest absolute Gasteiger partial charge is 0.456 e. The van der Waals surface area contributed by atoms with Gasteiger partial charge in [0.25, 0.3) is 5.91 Å². The molecule has 4 fully saturated rings. The summed E-state index contributed by atoms with van der Waals surface area (Å²) in [6.45, 7) is 2.11. The standard InChI is InChI=1S/C11H8BrNO3/c1-4-3-10(4)9(14)13-6-2-5-7(12)8(15-5)11(6,10)16-13/h2,4,6H,3H2,1H3/t4-,6-,10-,11+/m1/s1. The number of ether oxygens (including phenoxy) is 1. The van der Waals surface area contributed by atoms with Gasteiger partial charge in [-0.25, -0.2) is 5.06 Å². The van der Waals surface area contributed by atoms with Crippen molar-refractivity contribution in [2.75, 3.05) is 0 Å². The highest BCUT2D eigenvalue weighted by Gasteiger charge is 2.90. The predicted molar refractivity (Wildman–Crippen MR) is 55.8 cm³/mol. The molecule has 5 heterocycles. The fourth-order valence-electron chi connectivity index (χ4n) is 3.81. The molecule has 0 N–H and O–H groups in total. The van der Waals surface area contributed by atoms with Crippen LogP contribution in [0.25, 0.3) is 0 Å². The molecule has 4 atom stereocenters. The molecule has 5 aliphatic heterocycles. The van der Waals surface area contributed by atoms with Gasteiger partial charge < -0.3 is 4.74 Å². The summed E-state index contributed by atoms with van der Waals surface area (Å²) in [5, 5.41) is 1.53. The Morgan fingerprint density at radius 2 is 2.38 bits per heavy atom. The van der Waals surface area contributed by atoms with Crippen LogP contribution in [0.15, 0.2) is 22.1 Å². The Bertz CT molecular complexity index is 553. The third-order valence-corrected chi connectivity index (χ3v) is 5.49. The van der Waals surface area contributed by atoms with Crippen molar-refractivity contribution in [3.8, 4) is 0 Å². The summed E-state index contributed by atoms with van der Waals surface area (Å²) >= 11 is 3.50. The molecule has 3 saturated heterocycles. The average Bonchev–Trinajstić information content (AvgIpc) is 2.79. The van der Waals surface area contributed by atoms with Gasteiger partial charge in [0.15, 0.2) is 11.4 Å². The molecule has 1 saturated carbocycles. The van der Waals surface area contributed by atoms with Crippen molar-refractivity contribution in [1.82, 2.24) is 5.06 Å². The molecule has 0 aromatic carbocycles. The third-order valence-electron chi connectivity index (χ3n) is 4.74. The topological polar surface area (TPSA) is 38.8 Å². The van der Waals surface area contributed by atoms with Crippen LogP contribution >= 0.6 is 15.9 Å². The lowest BCUT2D eigenvalue weighted by atomic mass is 9.74. The number of rotatable bonds is 0. The molecule has 82 valence electrons. The van der Waals surface area contributed by atoms with Gasteiger partial charge >= 0.3 is 0 Å². The Morgan fingerprint density at radius 1 is 1.62 bits per heavy atom. The molecule has 0 aromatic rings. The molecular weight excluding hydrogens is 274 g/mol. The second-order valence-electron chi connectivity index (χ2n) is 5.26. The van der Waals surface area contributed by atoms with E-state index >= 15 is 0 Å². The van der Waals surface area contributed by atoms with Gasteiger partial charge in [-0.05, 0) is 34.3 Å². The van der Waals surface area contributed by atoms with E-state index in [0.29, 0.717) is 5.92 Å². The van der Waals surface area contributed by atoms with Crippen molar-refractivity contribution in [2.45, 2.75) is 25.0 Å². The first-order chi connectivity index (χ1) is 7.63. The van der Waals surface area contributed by atoms with E-state index in [4.69, 9.17) is 9.57 Å². The minimum atomic E-state index is -0.510. The number of hydroxylamine groups is 2. The van der Waals surface area contributed by atoms with E-state index in [-0.39, 0.29) is 17.4 Å². The van der Waals surface area contributed by atoms with Crippen LogP contribution in [0.2, 0.25) is 0 Å².